The number of methoxy groups -OCH3 is 2. The lowest BCUT2D eigenvalue weighted by Crippen LogP contribution is -2.32. The topological polar surface area (TPSA) is 50.8 Å². The monoisotopic (exact) mass is 324 g/mol. The van der Waals surface area contributed by atoms with Gasteiger partial charge in [-0.3, -0.25) is 4.79 Å². The Kier molecular flexibility index (Phi) is 5.97. The Morgan fingerprint density at radius 3 is 2.73 bits per heavy atom. The highest BCUT2D eigenvalue weighted by Crippen LogP contribution is 2.46. The maximum Gasteiger partial charge on any atom is 0.236 e. The number of benzene rings is 1. The van der Waals surface area contributed by atoms with Gasteiger partial charge in [-0.05, 0) is 45.1 Å². The number of rotatable bonds is 7. The highest BCUT2D eigenvalue weighted by atomic mass is 32.2. The molecule has 1 amide bonds. The summed E-state index contributed by atoms with van der Waals surface area (Å²) in [4.78, 5) is 14.4. The molecule has 6 heteroatoms. The van der Waals surface area contributed by atoms with Gasteiger partial charge in [0.15, 0.2) is 0 Å². The molecule has 0 spiro atoms. The van der Waals surface area contributed by atoms with E-state index >= 15 is 0 Å². The summed E-state index contributed by atoms with van der Waals surface area (Å²) in [6.07, 6.45) is 0.929. The molecule has 0 aliphatic carbocycles. The standard InChI is InChI=1S/C16H24N2O3S/c1-11-15(19)18(9-5-8-17-2)16(22-11)13-10-12(20-3)6-7-14(13)21-4/h6-7,10-11,16-17H,5,8-9H2,1-4H3/t11-,16+/m1/s1. The summed E-state index contributed by atoms with van der Waals surface area (Å²) in [5, 5.41) is 3.07. The summed E-state index contributed by atoms with van der Waals surface area (Å²) in [6, 6.07) is 5.74. The third-order valence-corrected chi connectivity index (χ3v) is 5.15. The van der Waals surface area contributed by atoms with Crippen molar-refractivity contribution in [2.24, 2.45) is 0 Å². The van der Waals surface area contributed by atoms with Gasteiger partial charge in [-0.25, -0.2) is 0 Å². The van der Waals surface area contributed by atoms with Gasteiger partial charge in [-0.1, -0.05) is 0 Å². The van der Waals surface area contributed by atoms with Gasteiger partial charge in [0, 0.05) is 12.1 Å². The fourth-order valence-corrected chi connectivity index (χ4v) is 3.93. The number of nitrogens with zero attached hydrogens (tertiary/aromatic N) is 1. The van der Waals surface area contributed by atoms with Gasteiger partial charge in [0.1, 0.15) is 16.9 Å². The molecule has 0 aromatic heterocycles. The van der Waals surface area contributed by atoms with E-state index in [0.717, 1.165) is 36.6 Å². The smallest absolute Gasteiger partial charge is 0.236 e. The first-order valence-corrected chi connectivity index (χ1v) is 8.39. The maximum absolute atomic E-state index is 12.4. The summed E-state index contributed by atoms with van der Waals surface area (Å²) >= 11 is 1.66. The largest absolute Gasteiger partial charge is 0.497 e. The SMILES string of the molecule is CNCCCN1C(=O)[C@@H](C)S[C@H]1c1cc(OC)ccc1OC. The molecule has 0 unspecified atom stereocenters. The van der Waals surface area contributed by atoms with Crippen molar-refractivity contribution >= 4 is 17.7 Å². The average Bonchev–Trinajstić information content (AvgIpc) is 2.82. The van der Waals surface area contributed by atoms with Crippen LogP contribution in [0.15, 0.2) is 18.2 Å². The first kappa shape index (κ1) is 17.0. The van der Waals surface area contributed by atoms with E-state index < -0.39 is 0 Å². The molecule has 0 bridgehead atoms. The molecule has 0 saturated carbocycles. The van der Waals surface area contributed by atoms with Crippen LogP contribution in [0.2, 0.25) is 0 Å². The summed E-state index contributed by atoms with van der Waals surface area (Å²) in [7, 11) is 5.22. The summed E-state index contributed by atoms with van der Waals surface area (Å²) in [5.74, 6) is 1.76. The minimum atomic E-state index is -0.0320. The van der Waals surface area contributed by atoms with Gasteiger partial charge in [0.2, 0.25) is 5.91 Å². The number of carbonyl (C=O) groups excluding carboxylic acids is 1. The van der Waals surface area contributed by atoms with E-state index in [1.807, 2.05) is 37.1 Å². The Bertz CT molecular complexity index is 524. The molecule has 5 nitrogen and oxygen atoms in total. The van der Waals surface area contributed by atoms with Crippen molar-refractivity contribution in [3.8, 4) is 11.5 Å². The summed E-state index contributed by atoms with van der Waals surface area (Å²) in [6.45, 7) is 3.59. The van der Waals surface area contributed by atoms with E-state index in [4.69, 9.17) is 9.47 Å². The Morgan fingerprint density at radius 1 is 1.32 bits per heavy atom. The van der Waals surface area contributed by atoms with Crippen molar-refractivity contribution in [2.75, 3.05) is 34.4 Å². The number of hydrogen-bond acceptors (Lipinski definition) is 5. The van der Waals surface area contributed by atoms with Crippen molar-refractivity contribution in [3.63, 3.8) is 0 Å². The van der Waals surface area contributed by atoms with Crippen LogP contribution >= 0.6 is 11.8 Å². The molecule has 1 fully saturated rings. The van der Waals surface area contributed by atoms with E-state index in [9.17, 15) is 4.79 Å². The molecule has 1 N–H and O–H groups in total. The van der Waals surface area contributed by atoms with Crippen molar-refractivity contribution in [2.45, 2.75) is 24.0 Å². The van der Waals surface area contributed by atoms with Gasteiger partial charge in [0.05, 0.1) is 19.5 Å². The molecule has 2 atom stereocenters. The lowest BCUT2D eigenvalue weighted by Gasteiger charge is -2.25. The Morgan fingerprint density at radius 2 is 2.09 bits per heavy atom. The molecule has 22 heavy (non-hydrogen) atoms. The van der Waals surface area contributed by atoms with E-state index in [1.165, 1.54) is 0 Å². The molecule has 1 heterocycles. The van der Waals surface area contributed by atoms with Crippen LogP contribution in [0.25, 0.3) is 0 Å². The Labute approximate surface area is 136 Å². The first-order valence-electron chi connectivity index (χ1n) is 7.44. The zero-order valence-corrected chi connectivity index (χ0v) is 14.4. The number of hydrogen-bond donors (Lipinski definition) is 1. The molecular weight excluding hydrogens is 300 g/mol. The molecule has 2 rings (SSSR count). The maximum atomic E-state index is 12.4. The van der Waals surface area contributed by atoms with E-state index in [2.05, 4.69) is 5.32 Å². The van der Waals surface area contributed by atoms with Crippen molar-refractivity contribution in [1.29, 1.82) is 0 Å². The zero-order valence-electron chi connectivity index (χ0n) is 13.6. The molecule has 0 radical (unpaired) electrons. The summed E-state index contributed by atoms with van der Waals surface area (Å²) in [5.41, 5.74) is 0.994. The van der Waals surface area contributed by atoms with Gasteiger partial charge in [-0.2, -0.15) is 0 Å². The van der Waals surface area contributed by atoms with Crippen molar-refractivity contribution < 1.29 is 14.3 Å². The second-order valence-electron chi connectivity index (χ2n) is 5.23. The second kappa shape index (κ2) is 7.74. The normalized spacial score (nSPS) is 21.3. The van der Waals surface area contributed by atoms with Crippen LogP contribution in [0, 0.1) is 0 Å². The van der Waals surface area contributed by atoms with Crippen LogP contribution in [-0.2, 0) is 4.79 Å². The molecule has 1 saturated heterocycles. The lowest BCUT2D eigenvalue weighted by molar-refractivity contribution is -0.129. The van der Waals surface area contributed by atoms with Gasteiger partial charge in [0.25, 0.3) is 0 Å². The van der Waals surface area contributed by atoms with Crippen LogP contribution in [-0.4, -0.2) is 50.4 Å². The fourth-order valence-electron chi connectivity index (χ4n) is 2.60. The van der Waals surface area contributed by atoms with Crippen LogP contribution in [0.4, 0.5) is 0 Å². The Balaban J connectivity index is 2.29. The van der Waals surface area contributed by atoms with E-state index in [0.29, 0.717) is 0 Å². The predicted molar refractivity (Wildman–Crippen MR) is 89.6 cm³/mol. The number of amides is 1. The molecule has 1 aromatic rings. The highest BCUT2D eigenvalue weighted by Gasteiger charge is 2.39. The van der Waals surface area contributed by atoms with E-state index in [1.54, 1.807) is 26.0 Å². The first-order chi connectivity index (χ1) is 10.6. The third kappa shape index (κ3) is 3.50. The minimum absolute atomic E-state index is 0.0237. The molecule has 1 aromatic carbocycles. The van der Waals surface area contributed by atoms with Crippen LogP contribution in [0.1, 0.15) is 24.3 Å². The van der Waals surface area contributed by atoms with Crippen LogP contribution in [0.5, 0.6) is 11.5 Å². The van der Waals surface area contributed by atoms with E-state index in [-0.39, 0.29) is 16.5 Å². The fraction of sp³-hybridized carbons (Fsp3) is 0.562. The van der Waals surface area contributed by atoms with Crippen LogP contribution in [0.3, 0.4) is 0 Å². The number of ether oxygens (including phenoxy) is 2. The molecule has 1 aliphatic rings. The minimum Gasteiger partial charge on any atom is -0.497 e. The van der Waals surface area contributed by atoms with Crippen molar-refractivity contribution in [1.82, 2.24) is 10.2 Å². The third-order valence-electron chi connectivity index (χ3n) is 3.78. The molecular formula is C16H24N2O3S. The number of thioether (sulfide) groups is 1. The van der Waals surface area contributed by atoms with Crippen LogP contribution < -0.4 is 14.8 Å². The zero-order chi connectivity index (χ0) is 16.1. The molecule has 122 valence electrons. The van der Waals surface area contributed by atoms with Gasteiger partial charge >= 0.3 is 0 Å². The number of nitrogens with one attached hydrogen (secondary N) is 1. The quantitative estimate of drug-likeness (QED) is 0.780. The van der Waals surface area contributed by atoms with Crippen molar-refractivity contribution in [3.05, 3.63) is 23.8 Å². The number of carbonyl (C=O) groups is 1. The van der Waals surface area contributed by atoms with Gasteiger partial charge < -0.3 is 19.7 Å². The van der Waals surface area contributed by atoms with Gasteiger partial charge in [-0.15, -0.1) is 11.8 Å². The summed E-state index contributed by atoms with van der Waals surface area (Å²) < 4.78 is 10.8. The predicted octanol–water partition coefficient (Wildman–Crippen LogP) is 2.28. The highest BCUT2D eigenvalue weighted by molar-refractivity contribution is 8.01. The lowest BCUT2D eigenvalue weighted by atomic mass is 10.1. The Hall–Kier alpha value is -1.40. The molecule has 1 aliphatic heterocycles. The average molecular weight is 324 g/mol. The second-order valence-corrected chi connectivity index (χ2v) is 6.65.